The van der Waals surface area contributed by atoms with Crippen LogP contribution in [0.5, 0.6) is 0 Å². The van der Waals surface area contributed by atoms with E-state index in [0.29, 0.717) is 0 Å². The molecule has 0 N–H and O–H groups in total. The molecule has 1 aliphatic rings. The van der Waals surface area contributed by atoms with Crippen LogP contribution >= 0.6 is 0 Å². The first-order chi connectivity index (χ1) is 7.45. The van der Waals surface area contributed by atoms with Crippen molar-refractivity contribution in [3.63, 3.8) is 0 Å². The van der Waals surface area contributed by atoms with Gasteiger partial charge in [-0.2, -0.15) is 0 Å². The molecule has 2 aromatic rings. The van der Waals surface area contributed by atoms with Crippen molar-refractivity contribution in [2.75, 3.05) is 31.2 Å². The number of benzene rings is 1. The third-order valence-corrected chi connectivity index (χ3v) is 2.82. The third kappa shape index (κ3) is 1.49. The fraction of sp³-hybridized carbons (Fsp3) is 0.333. The maximum atomic E-state index is 5.39. The summed E-state index contributed by atoms with van der Waals surface area (Å²) in [6, 6.07) is 8.21. The van der Waals surface area contributed by atoms with Gasteiger partial charge in [0.25, 0.3) is 0 Å². The summed E-state index contributed by atoms with van der Waals surface area (Å²) in [5.74, 6) is 0. The molecule has 3 nitrogen and oxygen atoms in total. The Hall–Kier alpha value is -1.48. The summed E-state index contributed by atoms with van der Waals surface area (Å²) in [6.45, 7) is 3.55. The molecule has 0 atom stereocenters. The Balaban J connectivity index is 2.05. The number of furan rings is 1. The maximum absolute atomic E-state index is 5.39. The monoisotopic (exact) mass is 203 g/mol. The van der Waals surface area contributed by atoms with E-state index in [2.05, 4.69) is 11.0 Å². The molecule has 0 aliphatic carbocycles. The van der Waals surface area contributed by atoms with Gasteiger partial charge in [0.1, 0.15) is 5.58 Å². The molecule has 1 aromatic heterocycles. The van der Waals surface area contributed by atoms with Gasteiger partial charge in [0.15, 0.2) is 0 Å². The third-order valence-electron chi connectivity index (χ3n) is 2.82. The van der Waals surface area contributed by atoms with Crippen LogP contribution in [0.1, 0.15) is 0 Å². The highest BCUT2D eigenvalue weighted by Gasteiger charge is 2.14. The van der Waals surface area contributed by atoms with E-state index in [-0.39, 0.29) is 0 Å². The predicted molar refractivity (Wildman–Crippen MR) is 59.2 cm³/mol. The standard InChI is InChI=1S/C12H13NO2/c1-2-11(13-5-8-14-9-6-13)10-4-7-15-12(10)3-1/h1-4,7H,5-6,8-9H2. The van der Waals surface area contributed by atoms with Gasteiger partial charge < -0.3 is 14.1 Å². The molecule has 3 heteroatoms. The van der Waals surface area contributed by atoms with Gasteiger partial charge in [0.05, 0.1) is 19.5 Å². The van der Waals surface area contributed by atoms with Crippen LogP contribution in [0, 0.1) is 0 Å². The van der Waals surface area contributed by atoms with Crippen molar-refractivity contribution in [3.8, 4) is 0 Å². The van der Waals surface area contributed by atoms with E-state index in [1.807, 2.05) is 18.2 Å². The smallest absolute Gasteiger partial charge is 0.135 e. The number of ether oxygens (including phenoxy) is 1. The van der Waals surface area contributed by atoms with E-state index in [0.717, 1.165) is 31.9 Å². The van der Waals surface area contributed by atoms with Crippen LogP contribution in [0.15, 0.2) is 34.9 Å². The molecule has 0 radical (unpaired) electrons. The molecule has 78 valence electrons. The van der Waals surface area contributed by atoms with Gasteiger partial charge in [-0.25, -0.2) is 0 Å². The lowest BCUT2D eigenvalue weighted by Gasteiger charge is -2.29. The predicted octanol–water partition coefficient (Wildman–Crippen LogP) is 2.27. The number of nitrogens with zero attached hydrogens (tertiary/aromatic N) is 1. The SMILES string of the molecule is c1cc(N2CCOCC2)c2ccoc2c1. The Morgan fingerprint density at radius 3 is 2.80 bits per heavy atom. The summed E-state index contributed by atoms with van der Waals surface area (Å²) in [5.41, 5.74) is 2.21. The fourth-order valence-corrected chi connectivity index (χ4v) is 2.06. The second kappa shape index (κ2) is 3.59. The van der Waals surface area contributed by atoms with Crippen LogP contribution in [-0.4, -0.2) is 26.3 Å². The molecule has 1 aromatic carbocycles. The molecular formula is C12H13NO2. The molecule has 1 saturated heterocycles. The van der Waals surface area contributed by atoms with Gasteiger partial charge in [-0.15, -0.1) is 0 Å². The first-order valence-corrected chi connectivity index (χ1v) is 5.24. The normalized spacial score (nSPS) is 17.2. The highest BCUT2D eigenvalue weighted by Crippen LogP contribution is 2.27. The van der Waals surface area contributed by atoms with Crippen LogP contribution in [0.3, 0.4) is 0 Å². The molecule has 0 amide bonds. The van der Waals surface area contributed by atoms with Crippen molar-refractivity contribution in [1.82, 2.24) is 0 Å². The Kier molecular flexibility index (Phi) is 2.10. The Morgan fingerprint density at radius 2 is 1.93 bits per heavy atom. The molecule has 15 heavy (non-hydrogen) atoms. The van der Waals surface area contributed by atoms with Gasteiger partial charge in [-0.05, 0) is 18.2 Å². The summed E-state index contributed by atoms with van der Waals surface area (Å²) in [4.78, 5) is 2.35. The Bertz CT molecular complexity index is 457. The number of anilines is 1. The van der Waals surface area contributed by atoms with Crippen molar-refractivity contribution in [2.45, 2.75) is 0 Å². The van der Waals surface area contributed by atoms with E-state index in [1.54, 1.807) is 6.26 Å². The number of hydrogen-bond acceptors (Lipinski definition) is 3. The molecule has 0 spiro atoms. The molecule has 0 unspecified atom stereocenters. The van der Waals surface area contributed by atoms with E-state index in [1.165, 1.54) is 11.1 Å². The molecule has 1 aliphatic heterocycles. The van der Waals surface area contributed by atoms with Gasteiger partial charge >= 0.3 is 0 Å². The first-order valence-electron chi connectivity index (χ1n) is 5.24. The zero-order chi connectivity index (χ0) is 10.1. The fourth-order valence-electron chi connectivity index (χ4n) is 2.06. The van der Waals surface area contributed by atoms with Crippen molar-refractivity contribution < 1.29 is 9.15 Å². The molecule has 3 rings (SSSR count). The lowest BCUT2D eigenvalue weighted by atomic mass is 10.2. The summed E-state index contributed by atoms with van der Waals surface area (Å²) < 4.78 is 10.7. The lowest BCUT2D eigenvalue weighted by molar-refractivity contribution is 0.123. The first kappa shape index (κ1) is 8.80. The van der Waals surface area contributed by atoms with E-state index >= 15 is 0 Å². The summed E-state index contributed by atoms with van der Waals surface area (Å²) >= 11 is 0. The van der Waals surface area contributed by atoms with E-state index < -0.39 is 0 Å². The number of rotatable bonds is 1. The second-order valence-electron chi connectivity index (χ2n) is 3.71. The van der Waals surface area contributed by atoms with Gasteiger partial charge in [0, 0.05) is 24.2 Å². The summed E-state index contributed by atoms with van der Waals surface area (Å²) in [5, 5.41) is 1.19. The van der Waals surface area contributed by atoms with Crippen molar-refractivity contribution >= 4 is 16.7 Å². The zero-order valence-corrected chi connectivity index (χ0v) is 8.48. The lowest BCUT2D eigenvalue weighted by Crippen LogP contribution is -2.36. The number of morpholine rings is 1. The van der Waals surface area contributed by atoms with Gasteiger partial charge in [0.2, 0.25) is 0 Å². The summed E-state index contributed by atoms with van der Waals surface area (Å²) in [6.07, 6.45) is 1.74. The highest BCUT2D eigenvalue weighted by atomic mass is 16.5. The Morgan fingerprint density at radius 1 is 1.07 bits per heavy atom. The maximum Gasteiger partial charge on any atom is 0.135 e. The molecule has 1 fully saturated rings. The largest absolute Gasteiger partial charge is 0.464 e. The van der Waals surface area contributed by atoms with Crippen LogP contribution in [-0.2, 0) is 4.74 Å². The van der Waals surface area contributed by atoms with Crippen molar-refractivity contribution in [2.24, 2.45) is 0 Å². The van der Waals surface area contributed by atoms with Crippen molar-refractivity contribution in [1.29, 1.82) is 0 Å². The van der Waals surface area contributed by atoms with E-state index in [9.17, 15) is 0 Å². The van der Waals surface area contributed by atoms with Crippen molar-refractivity contribution in [3.05, 3.63) is 30.5 Å². The topological polar surface area (TPSA) is 25.6 Å². The zero-order valence-electron chi connectivity index (χ0n) is 8.48. The minimum absolute atomic E-state index is 0.814. The van der Waals surface area contributed by atoms with E-state index in [4.69, 9.17) is 9.15 Å². The quantitative estimate of drug-likeness (QED) is 0.711. The average Bonchev–Trinajstić information content (AvgIpc) is 2.78. The number of hydrogen-bond donors (Lipinski definition) is 0. The second-order valence-corrected chi connectivity index (χ2v) is 3.71. The van der Waals surface area contributed by atoms with Gasteiger partial charge in [-0.3, -0.25) is 0 Å². The molecule has 0 saturated carbocycles. The minimum atomic E-state index is 0.814. The van der Waals surface area contributed by atoms with Crippen LogP contribution in [0.25, 0.3) is 11.0 Å². The summed E-state index contributed by atoms with van der Waals surface area (Å²) in [7, 11) is 0. The van der Waals surface area contributed by atoms with Crippen LogP contribution < -0.4 is 4.90 Å². The highest BCUT2D eigenvalue weighted by molar-refractivity contribution is 5.91. The molecule has 2 heterocycles. The molecule has 0 bridgehead atoms. The van der Waals surface area contributed by atoms with Gasteiger partial charge in [-0.1, -0.05) is 6.07 Å². The molecular weight excluding hydrogens is 190 g/mol. The average molecular weight is 203 g/mol. The van der Waals surface area contributed by atoms with Crippen LogP contribution in [0.2, 0.25) is 0 Å². The Labute approximate surface area is 88.2 Å². The minimum Gasteiger partial charge on any atom is -0.464 e. The number of fused-ring (bicyclic) bond motifs is 1. The van der Waals surface area contributed by atoms with Crippen LogP contribution in [0.4, 0.5) is 5.69 Å².